The lowest BCUT2D eigenvalue weighted by atomic mass is 10.1. The summed E-state index contributed by atoms with van der Waals surface area (Å²) in [4.78, 5) is 24.9. The van der Waals surface area contributed by atoms with Crippen LogP contribution in [-0.4, -0.2) is 34.3 Å². The van der Waals surface area contributed by atoms with Crippen molar-refractivity contribution in [1.82, 2.24) is 4.98 Å². The Hall–Kier alpha value is -2.48. The molecule has 0 saturated heterocycles. The summed E-state index contributed by atoms with van der Waals surface area (Å²) < 4.78 is 27.8. The maximum absolute atomic E-state index is 14.1. The molecule has 0 unspecified atom stereocenters. The van der Waals surface area contributed by atoms with Gasteiger partial charge in [-0.25, -0.2) is 13.6 Å². The van der Waals surface area contributed by atoms with E-state index in [4.69, 9.17) is 10.2 Å². The molecule has 6 nitrogen and oxygen atoms in total. The Morgan fingerprint density at radius 1 is 1.40 bits per heavy atom. The molecule has 0 aliphatic heterocycles. The largest absolute Gasteiger partial charge is 0.477 e. The molecule has 0 radical (unpaired) electrons. The van der Waals surface area contributed by atoms with Crippen LogP contribution in [0.2, 0.25) is 0 Å². The fourth-order valence-electron chi connectivity index (χ4n) is 1.80. The number of aliphatic hydroxyl groups excluding tert-OH is 1. The summed E-state index contributed by atoms with van der Waals surface area (Å²) in [5.41, 5.74) is -2.38. The minimum absolute atomic E-state index is 0.0726. The van der Waals surface area contributed by atoms with Gasteiger partial charge in [-0.15, -0.1) is 0 Å². The van der Waals surface area contributed by atoms with Crippen LogP contribution in [0.15, 0.2) is 17.1 Å². The average molecular weight is 284 g/mol. The first-order valence-corrected chi connectivity index (χ1v) is 5.58. The number of pyridine rings is 1. The van der Waals surface area contributed by atoms with Crippen molar-refractivity contribution >= 4 is 22.6 Å². The van der Waals surface area contributed by atoms with E-state index in [-0.39, 0.29) is 18.7 Å². The van der Waals surface area contributed by atoms with Crippen LogP contribution in [0.1, 0.15) is 10.4 Å². The molecule has 20 heavy (non-hydrogen) atoms. The molecule has 2 rings (SSSR count). The van der Waals surface area contributed by atoms with E-state index in [0.29, 0.717) is 0 Å². The molecule has 106 valence electrons. The molecule has 0 amide bonds. The number of rotatable bonds is 4. The molecule has 0 bridgehead atoms. The third kappa shape index (κ3) is 2.21. The molecule has 0 aliphatic carbocycles. The number of nitrogens with one attached hydrogen (secondary N) is 2. The summed E-state index contributed by atoms with van der Waals surface area (Å²) in [6.07, 6.45) is 0.851. The van der Waals surface area contributed by atoms with Crippen molar-refractivity contribution in [2.75, 3.05) is 18.5 Å². The Bertz CT molecular complexity index is 742. The molecule has 0 aliphatic rings. The van der Waals surface area contributed by atoms with E-state index in [9.17, 15) is 18.4 Å². The Morgan fingerprint density at radius 2 is 2.10 bits per heavy atom. The minimum atomic E-state index is -1.49. The van der Waals surface area contributed by atoms with Crippen LogP contribution in [0, 0.1) is 11.6 Å². The standard InChI is InChI=1S/C12H10F2N2O4/c13-7-3-5-9(8(14)10(7)15-1-2-17)16-4-6(11(5)18)12(19)20/h3-4,15,17H,1-2H2,(H,16,18)(H,19,20). The SMILES string of the molecule is O=C(O)c1c[nH]c2c(F)c(NCCO)c(F)cc2c1=O. The predicted molar refractivity (Wildman–Crippen MR) is 67.0 cm³/mol. The Morgan fingerprint density at radius 3 is 2.70 bits per heavy atom. The maximum Gasteiger partial charge on any atom is 0.341 e. The van der Waals surface area contributed by atoms with Crippen LogP contribution in [0.4, 0.5) is 14.5 Å². The summed E-state index contributed by atoms with van der Waals surface area (Å²) in [7, 11) is 0. The number of anilines is 1. The highest BCUT2D eigenvalue weighted by Gasteiger charge is 2.18. The van der Waals surface area contributed by atoms with Crippen LogP contribution < -0.4 is 10.7 Å². The molecular formula is C12H10F2N2O4. The van der Waals surface area contributed by atoms with Gasteiger partial charge in [0.1, 0.15) is 17.1 Å². The van der Waals surface area contributed by atoms with Crippen molar-refractivity contribution in [2.24, 2.45) is 0 Å². The average Bonchev–Trinajstić information content (AvgIpc) is 2.39. The topological polar surface area (TPSA) is 102 Å². The van der Waals surface area contributed by atoms with E-state index in [1.54, 1.807) is 0 Å². The summed E-state index contributed by atoms with van der Waals surface area (Å²) in [5, 5.41) is 19.4. The molecule has 0 atom stereocenters. The number of aromatic nitrogens is 1. The molecular weight excluding hydrogens is 274 g/mol. The van der Waals surface area contributed by atoms with Gasteiger partial charge in [-0.1, -0.05) is 0 Å². The second-order valence-electron chi connectivity index (χ2n) is 3.96. The van der Waals surface area contributed by atoms with Crippen LogP contribution in [-0.2, 0) is 0 Å². The van der Waals surface area contributed by atoms with E-state index >= 15 is 0 Å². The van der Waals surface area contributed by atoms with Crippen molar-refractivity contribution in [3.05, 3.63) is 39.7 Å². The number of aromatic amines is 1. The summed E-state index contributed by atoms with van der Waals surface area (Å²) in [6, 6.07) is 0.753. The predicted octanol–water partition coefficient (Wildman–Crippen LogP) is 0.909. The number of carboxylic acid groups (broad SMARTS) is 1. The second kappa shape index (κ2) is 5.25. The van der Waals surface area contributed by atoms with Crippen molar-refractivity contribution in [1.29, 1.82) is 0 Å². The fraction of sp³-hybridized carbons (Fsp3) is 0.167. The maximum atomic E-state index is 14.1. The number of fused-ring (bicyclic) bond motifs is 1. The third-order valence-corrected chi connectivity index (χ3v) is 2.71. The molecule has 8 heteroatoms. The van der Waals surface area contributed by atoms with Crippen LogP contribution in [0.3, 0.4) is 0 Å². The van der Waals surface area contributed by atoms with E-state index in [1.165, 1.54) is 0 Å². The number of hydrogen-bond acceptors (Lipinski definition) is 4. The Balaban J connectivity index is 2.73. The molecule has 0 spiro atoms. The van der Waals surface area contributed by atoms with Gasteiger partial charge in [-0.2, -0.15) is 0 Å². The first kappa shape index (κ1) is 13.9. The van der Waals surface area contributed by atoms with E-state index < -0.39 is 39.7 Å². The van der Waals surface area contributed by atoms with Gasteiger partial charge >= 0.3 is 5.97 Å². The zero-order valence-electron chi connectivity index (χ0n) is 10.0. The van der Waals surface area contributed by atoms with Crippen LogP contribution in [0.5, 0.6) is 0 Å². The molecule has 2 aromatic rings. The van der Waals surface area contributed by atoms with Crippen molar-refractivity contribution in [3.63, 3.8) is 0 Å². The molecule has 1 heterocycles. The van der Waals surface area contributed by atoms with Crippen LogP contribution >= 0.6 is 0 Å². The first-order chi connectivity index (χ1) is 9.47. The molecule has 0 fully saturated rings. The number of aliphatic hydroxyl groups is 1. The lowest BCUT2D eigenvalue weighted by Crippen LogP contribution is -2.17. The Labute approximate surface area is 110 Å². The second-order valence-corrected chi connectivity index (χ2v) is 3.96. The van der Waals surface area contributed by atoms with Gasteiger partial charge in [0.05, 0.1) is 17.5 Å². The number of carbonyl (C=O) groups is 1. The smallest absolute Gasteiger partial charge is 0.341 e. The zero-order valence-corrected chi connectivity index (χ0v) is 10.0. The van der Waals surface area contributed by atoms with Gasteiger partial charge in [0.2, 0.25) is 5.43 Å². The monoisotopic (exact) mass is 284 g/mol. The van der Waals surface area contributed by atoms with Crippen molar-refractivity contribution in [2.45, 2.75) is 0 Å². The zero-order chi connectivity index (χ0) is 14.9. The first-order valence-electron chi connectivity index (χ1n) is 5.58. The highest BCUT2D eigenvalue weighted by molar-refractivity contribution is 5.93. The lowest BCUT2D eigenvalue weighted by molar-refractivity contribution is 0.0695. The summed E-state index contributed by atoms with van der Waals surface area (Å²) >= 11 is 0. The normalized spacial score (nSPS) is 10.8. The highest BCUT2D eigenvalue weighted by Crippen LogP contribution is 2.25. The van der Waals surface area contributed by atoms with Gasteiger partial charge in [0, 0.05) is 12.7 Å². The molecule has 4 N–H and O–H groups in total. The van der Waals surface area contributed by atoms with E-state index in [2.05, 4.69) is 10.3 Å². The Kier molecular flexibility index (Phi) is 3.66. The van der Waals surface area contributed by atoms with E-state index in [1.807, 2.05) is 0 Å². The molecule has 1 aromatic carbocycles. The highest BCUT2D eigenvalue weighted by atomic mass is 19.1. The fourth-order valence-corrected chi connectivity index (χ4v) is 1.80. The summed E-state index contributed by atoms with van der Waals surface area (Å²) in [5.74, 6) is -3.59. The third-order valence-electron chi connectivity index (χ3n) is 2.71. The van der Waals surface area contributed by atoms with Crippen molar-refractivity contribution in [3.8, 4) is 0 Å². The van der Waals surface area contributed by atoms with Gasteiger partial charge in [0.15, 0.2) is 5.82 Å². The number of hydrogen-bond donors (Lipinski definition) is 4. The number of benzene rings is 1. The number of H-pyrrole nitrogens is 1. The van der Waals surface area contributed by atoms with Gasteiger partial charge in [-0.05, 0) is 6.07 Å². The van der Waals surface area contributed by atoms with Gasteiger partial charge in [0.25, 0.3) is 0 Å². The van der Waals surface area contributed by atoms with Gasteiger partial charge in [-0.3, -0.25) is 4.79 Å². The molecule has 0 saturated carbocycles. The van der Waals surface area contributed by atoms with E-state index in [0.717, 1.165) is 12.3 Å². The lowest BCUT2D eigenvalue weighted by Gasteiger charge is -2.10. The number of halogens is 2. The summed E-state index contributed by atoms with van der Waals surface area (Å²) in [6.45, 7) is -0.401. The molecule has 1 aromatic heterocycles. The quantitative estimate of drug-likeness (QED) is 0.668. The van der Waals surface area contributed by atoms with Crippen LogP contribution in [0.25, 0.3) is 10.9 Å². The number of aromatic carboxylic acids is 1. The minimum Gasteiger partial charge on any atom is -0.477 e. The van der Waals surface area contributed by atoms with Crippen molar-refractivity contribution < 1.29 is 23.8 Å². The van der Waals surface area contributed by atoms with Gasteiger partial charge < -0.3 is 20.5 Å². The number of carboxylic acids is 1.